The van der Waals surface area contributed by atoms with E-state index < -0.39 is 5.91 Å². The van der Waals surface area contributed by atoms with E-state index in [1.54, 1.807) is 18.0 Å². The van der Waals surface area contributed by atoms with Crippen LogP contribution in [0.15, 0.2) is 52.9 Å². The number of nitrogens with one attached hydrogen (secondary N) is 3. The predicted molar refractivity (Wildman–Crippen MR) is 117 cm³/mol. The van der Waals surface area contributed by atoms with Crippen molar-refractivity contribution in [3.05, 3.63) is 59.2 Å². The number of likely N-dealkylation sites (N-methyl/N-ethyl adjacent to an activating group) is 1. The molecule has 0 heterocycles. The molecule has 3 rings (SSSR count). The largest absolute Gasteiger partial charge is 0.387 e. The highest BCUT2D eigenvalue weighted by Gasteiger charge is 2.25. The van der Waals surface area contributed by atoms with Crippen LogP contribution < -0.4 is 15.4 Å². The van der Waals surface area contributed by atoms with Gasteiger partial charge in [-0.15, -0.1) is 0 Å². The van der Waals surface area contributed by atoms with E-state index in [2.05, 4.69) is 21.4 Å². The maximum atomic E-state index is 11.9. The molecule has 1 saturated carbocycles. The van der Waals surface area contributed by atoms with E-state index >= 15 is 0 Å². The van der Waals surface area contributed by atoms with Crippen molar-refractivity contribution in [3.8, 4) is 0 Å². The first-order valence-electron chi connectivity index (χ1n) is 9.39. The van der Waals surface area contributed by atoms with E-state index in [-0.39, 0.29) is 5.57 Å². The monoisotopic (exact) mass is 395 g/mol. The van der Waals surface area contributed by atoms with Crippen LogP contribution in [-0.4, -0.2) is 26.3 Å². The van der Waals surface area contributed by atoms with Crippen LogP contribution in [-0.2, 0) is 9.59 Å². The lowest BCUT2D eigenvalue weighted by Crippen LogP contribution is -2.20. The number of hydrogen-bond acceptors (Lipinski definition) is 5. The van der Waals surface area contributed by atoms with Gasteiger partial charge < -0.3 is 15.4 Å². The second-order valence-corrected chi connectivity index (χ2v) is 7.51. The SMILES string of the molecule is CNC(=O)/C(C=O)=C/c1ccc(C2CCC2)c(SNc2ccccc2)c1NC. The Kier molecular flexibility index (Phi) is 6.76. The highest BCUT2D eigenvalue weighted by atomic mass is 32.2. The number of carbonyl (C=O) groups is 2. The topological polar surface area (TPSA) is 70.2 Å². The maximum Gasteiger partial charge on any atom is 0.254 e. The quantitative estimate of drug-likeness (QED) is 0.203. The number of amides is 1. The standard InChI is InChI=1S/C22H25N3O2S/c1-23-20-16(13-17(14-26)22(27)24-2)11-12-19(15-7-6-8-15)21(20)28-25-18-9-4-3-5-10-18/h3-5,9-15,23,25H,6-8H2,1-2H3,(H,24,27)/b17-13+. The molecule has 1 aliphatic rings. The van der Waals surface area contributed by atoms with E-state index in [0.717, 1.165) is 21.8 Å². The van der Waals surface area contributed by atoms with Gasteiger partial charge in [0, 0.05) is 19.8 Å². The Labute approximate surface area is 170 Å². The molecular formula is C22H25N3O2S. The number of aldehydes is 1. The highest BCUT2D eigenvalue weighted by Crippen LogP contribution is 2.45. The van der Waals surface area contributed by atoms with Crippen molar-refractivity contribution in [1.29, 1.82) is 0 Å². The summed E-state index contributed by atoms with van der Waals surface area (Å²) in [7, 11) is 3.38. The van der Waals surface area contributed by atoms with Gasteiger partial charge in [-0.2, -0.15) is 0 Å². The van der Waals surface area contributed by atoms with Crippen LogP contribution in [0.5, 0.6) is 0 Å². The molecule has 0 bridgehead atoms. The van der Waals surface area contributed by atoms with Crippen molar-refractivity contribution in [2.75, 3.05) is 24.1 Å². The molecule has 0 aromatic heterocycles. The summed E-state index contributed by atoms with van der Waals surface area (Å²) in [5.74, 6) is 0.159. The normalized spacial score (nSPS) is 14.1. The summed E-state index contributed by atoms with van der Waals surface area (Å²) in [6, 6.07) is 14.1. The summed E-state index contributed by atoms with van der Waals surface area (Å²) in [5, 5.41) is 5.78. The minimum absolute atomic E-state index is 0.0994. The second kappa shape index (κ2) is 9.46. The Morgan fingerprint density at radius 3 is 2.43 bits per heavy atom. The lowest BCUT2D eigenvalue weighted by molar-refractivity contribution is -0.118. The van der Waals surface area contributed by atoms with Gasteiger partial charge in [-0.1, -0.05) is 36.8 Å². The average molecular weight is 396 g/mol. The van der Waals surface area contributed by atoms with Crippen molar-refractivity contribution >= 4 is 41.6 Å². The van der Waals surface area contributed by atoms with Crippen molar-refractivity contribution in [1.82, 2.24) is 5.32 Å². The van der Waals surface area contributed by atoms with Gasteiger partial charge in [-0.25, -0.2) is 0 Å². The van der Waals surface area contributed by atoms with Crippen LogP contribution in [0.3, 0.4) is 0 Å². The molecule has 146 valence electrons. The van der Waals surface area contributed by atoms with E-state index in [1.165, 1.54) is 31.9 Å². The zero-order chi connectivity index (χ0) is 19.9. The fraction of sp³-hybridized carbons (Fsp3) is 0.273. The van der Waals surface area contributed by atoms with Gasteiger partial charge in [0.15, 0.2) is 6.29 Å². The van der Waals surface area contributed by atoms with Crippen molar-refractivity contribution in [2.24, 2.45) is 0 Å². The minimum Gasteiger partial charge on any atom is -0.387 e. The zero-order valence-corrected chi connectivity index (χ0v) is 16.9. The van der Waals surface area contributed by atoms with Crippen LogP contribution >= 0.6 is 11.9 Å². The smallest absolute Gasteiger partial charge is 0.254 e. The molecule has 0 unspecified atom stereocenters. The molecule has 0 aliphatic heterocycles. The molecule has 28 heavy (non-hydrogen) atoms. The molecule has 0 radical (unpaired) electrons. The third kappa shape index (κ3) is 4.39. The second-order valence-electron chi connectivity index (χ2n) is 6.69. The summed E-state index contributed by atoms with van der Waals surface area (Å²) in [6.07, 6.45) is 5.86. The summed E-state index contributed by atoms with van der Waals surface area (Å²) in [5.41, 5.74) is 4.15. The fourth-order valence-corrected chi connectivity index (χ4v) is 4.25. The predicted octanol–water partition coefficient (Wildman–Crippen LogP) is 4.44. The maximum absolute atomic E-state index is 11.9. The molecule has 3 N–H and O–H groups in total. The fourth-order valence-electron chi connectivity index (χ4n) is 3.22. The molecule has 1 fully saturated rings. The minimum atomic E-state index is -0.392. The number of anilines is 2. The van der Waals surface area contributed by atoms with E-state index in [9.17, 15) is 9.59 Å². The average Bonchev–Trinajstić information content (AvgIpc) is 2.70. The molecule has 0 spiro atoms. The third-order valence-electron chi connectivity index (χ3n) is 4.99. The molecular weight excluding hydrogens is 370 g/mol. The molecule has 6 heteroatoms. The van der Waals surface area contributed by atoms with E-state index in [1.807, 2.05) is 43.4 Å². The zero-order valence-electron chi connectivity index (χ0n) is 16.1. The highest BCUT2D eigenvalue weighted by molar-refractivity contribution is 8.00. The van der Waals surface area contributed by atoms with Gasteiger partial charge in [-0.05, 0) is 60.0 Å². The number of hydrogen-bond donors (Lipinski definition) is 3. The Morgan fingerprint density at radius 1 is 1.11 bits per heavy atom. The van der Waals surface area contributed by atoms with Gasteiger partial charge >= 0.3 is 0 Å². The number of carbonyl (C=O) groups excluding carboxylic acids is 2. The summed E-state index contributed by atoms with van der Waals surface area (Å²) >= 11 is 1.56. The summed E-state index contributed by atoms with van der Waals surface area (Å²) in [6.45, 7) is 0. The Morgan fingerprint density at radius 2 is 1.86 bits per heavy atom. The lowest BCUT2D eigenvalue weighted by Gasteiger charge is -2.29. The van der Waals surface area contributed by atoms with Gasteiger partial charge in [0.05, 0.1) is 16.2 Å². The van der Waals surface area contributed by atoms with Crippen molar-refractivity contribution in [3.63, 3.8) is 0 Å². The van der Waals surface area contributed by atoms with Crippen LogP contribution in [0, 0.1) is 0 Å². The van der Waals surface area contributed by atoms with Crippen LogP contribution in [0.2, 0.25) is 0 Å². The Hall–Kier alpha value is -2.73. The van der Waals surface area contributed by atoms with Gasteiger partial charge in [0.1, 0.15) is 0 Å². The third-order valence-corrected chi connectivity index (χ3v) is 5.97. The molecule has 2 aromatic rings. The molecule has 5 nitrogen and oxygen atoms in total. The van der Waals surface area contributed by atoms with Crippen molar-refractivity contribution in [2.45, 2.75) is 30.1 Å². The number of benzene rings is 2. The number of rotatable bonds is 8. The van der Waals surface area contributed by atoms with Crippen LogP contribution in [0.1, 0.15) is 36.3 Å². The van der Waals surface area contributed by atoms with E-state index in [0.29, 0.717) is 12.2 Å². The Bertz CT molecular complexity index is 877. The molecule has 2 aromatic carbocycles. The van der Waals surface area contributed by atoms with Gasteiger partial charge in [-0.3, -0.25) is 9.59 Å². The molecule has 1 aliphatic carbocycles. The first kappa shape index (κ1) is 20.0. The van der Waals surface area contributed by atoms with Crippen LogP contribution in [0.25, 0.3) is 6.08 Å². The lowest BCUT2D eigenvalue weighted by atomic mass is 9.79. The first-order chi connectivity index (χ1) is 13.7. The summed E-state index contributed by atoms with van der Waals surface area (Å²) < 4.78 is 3.41. The van der Waals surface area contributed by atoms with E-state index in [4.69, 9.17) is 0 Å². The summed E-state index contributed by atoms with van der Waals surface area (Å²) in [4.78, 5) is 24.4. The van der Waals surface area contributed by atoms with Crippen LogP contribution in [0.4, 0.5) is 11.4 Å². The van der Waals surface area contributed by atoms with Gasteiger partial charge in [0.2, 0.25) is 0 Å². The number of para-hydroxylation sites is 1. The molecule has 0 saturated heterocycles. The molecule has 0 atom stereocenters. The van der Waals surface area contributed by atoms with Gasteiger partial charge in [0.25, 0.3) is 5.91 Å². The van der Waals surface area contributed by atoms with Crippen molar-refractivity contribution < 1.29 is 9.59 Å². The first-order valence-corrected chi connectivity index (χ1v) is 10.2. The molecule has 1 amide bonds. The Balaban J connectivity index is 2.01.